The summed E-state index contributed by atoms with van der Waals surface area (Å²) in [6.07, 6.45) is -0.606. The topological polar surface area (TPSA) is 73.9 Å². The number of nitrogens with one attached hydrogen (secondary N) is 1. The van der Waals surface area contributed by atoms with Crippen LogP contribution in [0.3, 0.4) is 0 Å². The Morgan fingerprint density at radius 1 is 0.889 bits per heavy atom. The molecule has 0 aliphatic heterocycles. The van der Waals surface area contributed by atoms with Crippen LogP contribution in [0.25, 0.3) is 5.57 Å². The molecule has 0 saturated carbocycles. The monoisotopic (exact) mass is 631 g/mol. The van der Waals surface area contributed by atoms with E-state index >= 15 is 0 Å². The summed E-state index contributed by atoms with van der Waals surface area (Å²) in [5.41, 5.74) is 4.27. The van der Waals surface area contributed by atoms with Crippen LogP contribution < -0.4 is 10.1 Å². The van der Waals surface area contributed by atoms with Gasteiger partial charge < -0.3 is 19.5 Å². The molecule has 1 N–H and O–H groups in total. The molecule has 1 rings (SSSR count). The molecule has 36 heavy (non-hydrogen) atoms. The van der Waals surface area contributed by atoms with Crippen LogP contribution in [-0.2, 0) is 14.3 Å². The summed E-state index contributed by atoms with van der Waals surface area (Å²) in [4.78, 5) is 23.0. The summed E-state index contributed by atoms with van der Waals surface area (Å²) in [6, 6.07) is 4.17. The number of hydrogen-bond acceptors (Lipinski definition) is 5. The van der Waals surface area contributed by atoms with E-state index in [0.29, 0.717) is 29.1 Å². The van der Waals surface area contributed by atoms with Crippen molar-refractivity contribution in [2.45, 2.75) is 62.3 Å². The molecular weight excluding hydrogens is 590 g/mol. The van der Waals surface area contributed by atoms with Crippen LogP contribution in [0, 0.1) is 17.8 Å². The van der Waals surface area contributed by atoms with Crippen LogP contribution >= 0.6 is 31.9 Å². The molecule has 0 saturated heterocycles. The highest BCUT2D eigenvalue weighted by atomic mass is 79.9. The number of amides is 1. The second-order valence-corrected chi connectivity index (χ2v) is 10.6. The fraction of sp³-hybridized carbons (Fsp3) is 0.571. The van der Waals surface area contributed by atoms with E-state index in [-0.39, 0.29) is 26.4 Å². The molecule has 0 aromatic heterocycles. The van der Waals surface area contributed by atoms with Gasteiger partial charge in [0.1, 0.15) is 25.6 Å². The van der Waals surface area contributed by atoms with Crippen molar-refractivity contribution in [2.75, 3.05) is 26.4 Å². The van der Waals surface area contributed by atoms with Gasteiger partial charge in [-0.25, -0.2) is 9.59 Å². The van der Waals surface area contributed by atoms with Crippen molar-refractivity contribution >= 4 is 49.5 Å². The van der Waals surface area contributed by atoms with Gasteiger partial charge in [0, 0.05) is 5.57 Å². The van der Waals surface area contributed by atoms with Gasteiger partial charge in [0.2, 0.25) is 0 Å². The summed E-state index contributed by atoms with van der Waals surface area (Å²) >= 11 is 7.28. The van der Waals surface area contributed by atoms with Gasteiger partial charge in [0.15, 0.2) is 0 Å². The van der Waals surface area contributed by atoms with Gasteiger partial charge >= 0.3 is 12.1 Å². The molecule has 0 bridgehead atoms. The van der Waals surface area contributed by atoms with Crippen molar-refractivity contribution in [1.82, 2.24) is 5.32 Å². The highest BCUT2D eigenvalue weighted by Gasteiger charge is 2.21. The smallest absolute Gasteiger partial charge is 0.407 e. The Hall–Kier alpha value is -1.80. The first-order valence-corrected chi connectivity index (χ1v) is 14.0. The van der Waals surface area contributed by atoms with Gasteiger partial charge in [-0.3, -0.25) is 0 Å². The number of carbonyl (C=O) groups excluding carboxylic acids is 2. The van der Waals surface area contributed by atoms with Gasteiger partial charge in [0.25, 0.3) is 0 Å². The molecule has 8 heteroatoms. The minimum atomic E-state index is -0.606. The molecule has 1 aromatic carbocycles. The minimum absolute atomic E-state index is 0.0473. The zero-order chi connectivity index (χ0) is 28.0. The molecule has 0 fully saturated rings. The fourth-order valence-corrected chi connectivity index (χ4v) is 5.14. The summed E-state index contributed by atoms with van der Waals surface area (Å²) in [5, 5.41) is 2.51. The van der Waals surface area contributed by atoms with Crippen LogP contribution in [-0.4, -0.2) is 38.4 Å². The molecule has 0 unspecified atom stereocenters. The quantitative estimate of drug-likeness (QED) is 0.143. The highest BCUT2D eigenvalue weighted by molar-refractivity contribution is 9.11. The first-order chi connectivity index (χ1) is 16.9. The molecular formula is C28H43Br2NO5. The maximum atomic E-state index is 11.8. The number of carbonyl (C=O) groups is 2. The lowest BCUT2D eigenvalue weighted by atomic mass is 9.81. The standard InChI is InChI=1S/C26H37Br2NO5.C2H6/c1-15(2)22(16(3)4)23(17(5)6)19-13-20(27)24(21(28)14-19)32-11-12-34-26(31)29-9-10-33-25(30)18(7)8;1-2/h13-17H,7,9-12H2,1-6,8H3,(H,29,31);1-2H3. The van der Waals surface area contributed by atoms with Crippen LogP contribution in [0.1, 0.15) is 67.9 Å². The maximum absolute atomic E-state index is 11.8. The number of rotatable bonds is 12. The molecule has 0 heterocycles. The number of halogens is 2. The largest absolute Gasteiger partial charge is 0.488 e. The van der Waals surface area contributed by atoms with Gasteiger partial charge in [-0.2, -0.15) is 0 Å². The van der Waals surface area contributed by atoms with Crippen molar-refractivity contribution in [1.29, 1.82) is 0 Å². The van der Waals surface area contributed by atoms with E-state index in [4.69, 9.17) is 14.2 Å². The molecule has 6 nitrogen and oxygen atoms in total. The van der Waals surface area contributed by atoms with E-state index in [9.17, 15) is 9.59 Å². The van der Waals surface area contributed by atoms with Gasteiger partial charge in [-0.1, -0.05) is 67.5 Å². The maximum Gasteiger partial charge on any atom is 0.407 e. The molecule has 0 spiro atoms. The van der Waals surface area contributed by atoms with Crippen LogP contribution in [0.15, 0.2) is 38.8 Å². The molecule has 1 aromatic rings. The third kappa shape index (κ3) is 11.5. The van der Waals surface area contributed by atoms with E-state index in [1.165, 1.54) is 11.1 Å². The summed E-state index contributed by atoms with van der Waals surface area (Å²) in [5.74, 6) is 1.44. The summed E-state index contributed by atoms with van der Waals surface area (Å²) in [7, 11) is 0. The SMILES string of the molecule is C=C(C)C(=O)OCCNC(=O)OCCOc1c(Br)cc(C(=C(C(C)C)C(C)C)C(C)C)cc1Br.CC. The molecule has 0 radical (unpaired) electrons. The van der Waals surface area contributed by atoms with Crippen LogP contribution in [0.4, 0.5) is 4.79 Å². The third-order valence-corrected chi connectivity index (χ3v) is 6.14. The summed E-state index contributed by atoms with van der Waals surface area (Å²) in [6.45, 7) is 22.9. The second-order valence-electron chi connectivity index (χ2n) is 8.93. The Kier molecular flexibility index (Phi) is 16.7. The number of hydrogen-bond donors (Lipinski definition) is 1. The first kappa shape index (κ1) is 34.2. The average molecular weight is 633 g/mol. The third-order valence-electron chi connectivity index (χ3n) is 4.96. The van der Waals surface area contributed by atoms with Crippen molar-refractivity contribution < 1.29 is 23.8 Å². The van der Waals surface area contributed by atoms with Gasteiger partial charge in [-0.15, -0.1) is 0 Å². The van der Waals surface area contributed by atoms with Crippen molar-refractivity contribution in [2.24, 2.45) is 17.8 Å². The Bertz CT molecular complexity index is 874. The number of esters is 1. The molecule has 204 valence electrons. The zero-order valence-corrected chi connectivity index (χ0v) is 26.4. The fourth-order valence-electron chi connectivity index (χ4n) is 3.72. The van der Waals surface area contributed by atoms with Crippen LogP contribution in [0.5, 0.6) is 5.75 Å². The van der Waals surface area contributed by atoms with Crippen molar-refractivity contribution in [3.8, 4) is 5.75 Å². The number of ether oxygens (including phenoxy) is 3. The van der Waals surface area contributed by atoms with Gasteiger partial charge in [0.05, 0.1) is 15.5 Å². The predicted octanol–water partition coefficient (Wildman–Crippen LogP) is 8.18. The number of allylic oxidation sites excluding steroid dienone is 2. The van der Waals surface area contributed by atoms with Crippen molar-refractivity contribution in [3.05, 3.63) is 44.4 Å². The first-order valence-electron chi connectivity index (χ1n) is 12.5. The second kappa shape index (κ2) is 17.6. The van der Waals surface area contributed by atoms with E-state index in [0.717, 1.165) is 14.5 Å². The van der Waals surface area contributed by atoms with E-state index in [1.54, 1.807) is 6.92 Å². The Morgan fingerprint density at radius 2 is 1.42 bits per heavy atom. The lowest BCUT2D eigenvalue weighted by molar-refractivity contribution is -0.138. The molecule has 0 aliphatic rings. The summed E-state index contributed by atoms with van der Waals surface area (Å²) < 4.78 is 17.5. The minimum Gasteiger partial charge on any atom is -0.488 e. The predicted molar refractivity (Wildman–Crippen MR) is 155 cm³/mol. The molecule has 0 atom stereocenters. The zero-order valence-electron chi connectivity index (χ0n) is 23.2. The normalized spacial score (nSPS) is 10.5. The molecule has 0 aliphatic carbocycles. The van der Waals surface area contributed by atoms with Gasteiger partial charge in [-0.05, 0) is 79.8 Å². The van der Waals surface area contributed by atoms with Crippen molar-refractivity contribution in [3.63, 3.8) is 0 Å². The highest BCUT2D eigenvalue weighted by Crippen LogP contribution is 2.41. The van der Waals surface area contributed by atoms with E-state index in [2.05, 4.69) is 97.4 Å². The Balaban J connectivity index is 0.00000596. The Labute approximate surface area is 234 Å². The van der Waals surface area contributed by atoms with E-state index in [1.807, 2.05) is 13.8 Å². The average Bonchev–Trinajstić information content (AvgIpc) is 2.79. The molecule has 1 amide bonds. The van der Waals surface area contributed by atoms with Crippen LogP contribution in [0.2, 0.25) is 0 Å². The lowest BCUT2D eigenvalue weighted by Gasteiger charge is -2.25. The Morgan fingerprint density at radius 3 is 1.86 bits per heavy atom. The number of benzene rings is 1. The number of alkyl carbamates (subject to hydrolysis) is 1. The lowest BCUT2D eigenvalue weighted by Crippen LogP contribution is -2.29. The van der Waals surface area contributed by atoms with E-state index < -0.39 is 12.1 Å².